The average molecular weight is 438 g/mol. The van der Waals surface area contributed by atoms with Crippen LogP contribution < -0.4 is 11.1 Å². The minimum Gasteiger partial charge on any atom is -0.369 e. The van der Waals surface area contributed by atoms with Gasteiger partial charge in [-0.3, -0.25) is 9.59 Å². The van der Waals surface area contributed by atoms with E-state index in [4.69, 9.17) is 5.73 Å². The molecule has 30 heavy (non-hydrogen) atoms. The molecule has 1 saturated heterocycles. The van der Waals surface area contributed by atoms with Gasteiger partial charge in [0.05, 0.1) is 11.8 Å². The van der Waals surface area contributed by atoms with Gasteiger partial charge >= 0.3 is 0 Å². The first-order valence-electron chi connectivity index (χ1n) is 9.72. The highest BCUT2D eigenvalue weighted by molar-refractivity contribution is 5.88. The first-order valence-corrected chi connectivity index (χ1v) is 9.72. The molecule has 2 aromatic rings. The van der Waals surface area contributed by atoms with E-state index >= 15 is 0 Å². The van der Waals surface area contributed by atoms with E-state index in [9.17, 15) is 18.4 Å². The van der Waals surface area contributed by atoms with E-state index in [0.717, 1.165) is 11.1 Å². The number of primary amides is 1. The van der Waals surface area contributed by atoms with Gasteiger partial charge in [0.15, 0.2) is 0 Å². The summed E-state index contributed by atoms with van der Waals surface area (Å²) in [5, 5.41) is 3.05. The first kappa shape index (κ1) is 23.8. The van der Waals surface area contributed by atoms with Gasteiger partial charge < -0.3 is 16.0 Å². The van der Waals surface area contributed by atoms with Crippen LogP contribution in [0.1, 0.15) is 11.1 Å². The molecule has 0 spiro atoms. The van der Waals surface area contributed by atoms with Crippen molar-refractivity contribution < 1.29 is 18.4 Å². The molecule has 1 fully saturated rings. The van der Waals surface area contributed by atoms with Gasteiger partial charge in [0.25, 0.3) is 0 Å². The molecule has 0 saturated carbocycles. The monoisotopic (exact) mass is 437 g/mol. The Hall–Kier alpha value is -2.51. The van der Waals surface area contributed by atoms with Crippen LogP contribution in [0.25, 0.3) is 0 Å². The predicted octanol–water partition coefficient (Wildman–Crippen LogP) is 2.32. The third-order valence-corrected chi connectivity index (χ3v) is 5.33. The van der Waals surface area contributed by atoms with E-state index in [-0.39, 0.29) is 29.9 Å². The number of carbonyl (C=O) groups excluding carboxylic acids is 2. The number of nitrogens with zero attached hydrogens (tertiary/aromatic N) is 1. The SMILES string of the molecule is Cl.NC(=O)C1CNCC1C(=O)N(CCc1cccc(F)c1)CCc1cccc(F)c1. The summed E-state index contributed by atoms with van der Waals surface area (Å²) in [7, 11) is 0. The molecule has 5 nitrogen and oxygen atoms in total. The number of nitrogens with two attached hydrogens (primary N) is 1. The number of hydrogen-bond donors (Lipinski definition) is 2. The van der Waals surface area contributed by atoms with Gasteiger partial charge in [0, 0.05) is 26.2 Å². The third-order valence-electron chi connectivity index (χ3n) is 5.33. The second kappa shape index (κ2) is 11.0. The molecule has 3 N–H and O–H groups in total. The molecule has 3 rings (SSSR count). The maximum Gasteiger partial charge on any atom is 0.227 e. The Balaban J connectivity index is 0.00000320. The van der Waals surface area contributed by atoms with Crippen LogP contribution in [-0.2, 0) is 22.4 Å². The molecule has 1 aliphatic heterocycles. The zero-order valence-corrected chi connectivity index (χ0v) is 17.3. The first-order chi connectivity index (χ1) is 13.9. The van der Waals surface area contributed by atoms with E-state index in [0.29, 0.717) is 39.0 Å². The highest BCUT2D eigenvalue weighted by atomic mass is 35.5. The minimum atomic E-state index is -0.548. The smallest absolute Gasteiger partial charge is 0.227 e. The molecule has 2 aromatic carbocycles. The maximum atomic E-state index is 13.5. The number of amides is 2. The quantitative estimate of drug-likeness (QED) is 0.665. The van der Waals surface area contributed by atoms with Gasteiger partial charge in [-0.25, -0.2) is 8.78 Å². The lowest BCUT2D eigenvalue weighted by molar-refractivity contribution is -0.139. The second-order valence-electron chi connectivity index (χ2n) is 7.36. The van der Waals surface area contributed by atoms with Crippen molar-refractivity contribution in [2.75, 3.05) is 26.2 Å². The Labute approximate surface area is 181 Å². The molecule has 2 unspecified atom stereocenters. The summed E-state index contributed by atoms with van der Waals surface area (Å²) in [4.78, 5) is 26.5. The largest absolute Gasteiger partial charge is 0.369 e. The standard InChI is InChI=1S/C22H25F2N3O2.ClH/c23-17-5-1-3-15(11-17)7-9-27(10-8-16-4-2-6-18(24)12-16)22(29)20-14-26-13-19(20)21(25)28;/h1-6,11-12,19-20,26H,7-10,13-14H2,(H2,25,28);1H. The Morgan fingerprint density at radius 2 is 1.43 bits per heavy atom. The van der Waals surface area contributed by atoms with Gasteiger partial charge in [-0.2, -0.15) is 0 Å². The predicted molar refractivity (Wildman–Crippen MR) is 113 cm³/mol. The van der Waals surface area contributed by atoms with Crippen LogP contribution in [0.4, 0.5) is 8.78 Å². The zero-order chi connectivity index (χ0) is 20.8. The summed E-state index contributed by atoms with van der Waals surface area (Å²) < 4.78 is 26.9. The molecule has 1 aliphatic rings. The summed E-state index contributed by atoms with van der Waals surface area (Å²) in [5.74, 6) is -2.38. The van der Waals surface area contributed by atoms with Crippen LogP contribution in [-0.4, -0.2) is 42.9 Å². The molecule has 162 valence electrons. The van der Waals surface area contributed by atoms with Crippen LogP contribution in [0.2, 0.25) is 0 Å². The van der Waals surface area contributed by atoms with Crippen LogP contribution >= 0.6 is 12.4 Å². The minimum absolute atomic E-state index is 0. The van der Waals surface area contributed by atoms with Gasteiger partial charge in [-0.05, 0) is 48.2 Å². The van der Waals surface area contributed by atoms with E-state index < -0.39 is 17.7 Å². The summed E-state index contributed by atoms with van der Waals surface area (Å²) >= 11 is 0. The molecule has 2 amide bonds. The second-order valence-corrected chi connectivity index (χ2v) is 7.36. The molecular formula is C22H26ClF2N3O2. The topological polar surface area (TPSA) is 75.4 Å². The number of benzene rings is 2. The van der Waals surface area contributed by atoms with Crippen LogP contribution in [0, 0.1) is 23.5 Å². The average Bonchev–Trinajstić information content (AvgIpc) is 3.18. The molecule has 0 radical (unpaired) electrons. The Kier molecular flexibility index (Phi) is 8.74. The van der Waals surface area contributed by atoms with Gasteiger partial charge in [0.1, 0.15) is 11.6 Å². The molecular weight excluding hydrogens is 412 g/mol. The van der Waals surface area contributed by atoms with Crippen LogP contribution in [0.5, 0.6) is 0 Å². The van der Waals surface area contributed by atoms with Crippen molar-refractivity contribution >= 4 is 24.2 Å². The molecule has 0 aliphatic carbocycles. The van der Waals surface area contributed by atoms with Crippen molar-refractivity contribution in [1.82, 2.24) is 10.2 Å². The lowest BCUT2D eigenvalue weighted by Gasteiger charge is -2.27. The molecule has 8 heteroatoms. The highest BCUT2D eigenvalue weighted by Gasteiger charge is 2.38. The summed E-state index contributed by atoms with van der Waals surface area (Å²) in [6.07, 6.45) is 0.960. The highest BCUT2D eigenvalue weighted by Crippen LogP contribution is 2.20. The lowest BCUT2D eigenvalue weighted by atomic mass is 9.93. The van der Waals surface area contributed by atoms with E-state index in [1.54, 1.807) is 17.0 Å². The number of nitrogens with one attached hydrogen (secondary N) is 1. The third kappa shape index (κ3) is 6.24. The zero-order valence-electron chi connectivity index (χ0n) is 16.5. The van der Waals surface area contributed by atoms with Crippen molar-refractivity contribution in [3.63, 3.8) is 0 Å². The Bertz CT molecular complexity index is 831. The van der Waals surface area contributed by atoms with Crippen molar-refractivity contribution in [2.24, 2.45) is 17.6 Å². The van der Waals surface area contributed by atoms with Crippen molar-refractivity contribution in [2.45, 2.75) is 12.8 Å². The van der Waals surface area contributed by atoms with Crippen molar-refractivity contribution in [3.8, 4) is 0 Å². The summed E-state index contributed by atoms with van der Waals surface area (Å²) in [5.41, 5.74) is 7.02. The molecule has 1 heterocycles. The van der Waals surface area contributed by atoms with Gasteiger partial charge in [0.2, 0.25) is 11.8 Å². The molecule has 2 atom stereocenters. The van der Waals surface area contributed by atoms with E-state index in [1.165, 1.54) is 24.3 Å². The maximum absolute atomic E-state index is 13.5. The molecule has 0 bridgehead atoms. The fourth-order valence-electron chi connectivity index (χ4n) is 3.72. The summed E-state index contributed by atoms with van der Waals surface area (Å²) in [6, 6.07) is 12.5. The fourth-order valence-corrected chi connectivity index (χ4v) is 3.72. The number of carbonyl (C=O) groups is 2. The van der Waals surface area contributed by atoms with E-state index in [1.807, 2.05) is 12.1 Å². The van der Waals surface area contributed by atoms with Crippen LogP contribution in [0.3, 0.4) is 0 Å². The van der Waals surface area contributed by atoms with Crippen molar-refractivity contribution in [1.29, 1.82) is 0 Å². The van der Waals surface area contributed by atoms with Gasteiger partial charge in [-0.15, -0.1) is 12.4 Å². The Morgan fingerprint density at radius 3 is 1.90 bits per heavy atom. The van der Waals surface area contributed by atoms with Gasteiger partial charge in [-0.1, -0.05) is 24.3 Å². The fraction of sp³-hybridized carbons (Fsp3) is 0.364. The summed E-state index contributed by atoms with van der Waals surface area (Å²) in [6.45, 7) is 1.52. The normalized spacial score (nSPS) is 17.9. The Morgan fingerprint density at radius 1 is 0.933 bits per heavy atom. The molecule has 0 aromatic heterocycles. The van der Waals surface area contributed by atoms with Crippen molar-refractivity contribution in [3.05, 3.63) is 71.3 Å². The lowest BCUT2D eigenvalue weighted by Crippen LogP contribution is -2.44. The van der Waals surface area contributed by atoms with Crippen LogP contribution in [0.15, 0.2) is 48.5 Å². The number of hydrogen-bond acceptors (Lipinski definition) is 3. The number of halogens is 3. The number of rotatable bonds is 8. The van der Waals surface area contributed by atoms with E-state index in [2.05, 4.69) is 5.32 Å².